The molecule has 2 heterocycles. The van der Waals surface area contributed by atoms with Crippen LogP contribution in [0.1, 0.15) is 63.2 Å². The minimum absolute atomic E-state index is 0.0414. The highest BCUT2D eigenvalue weighted by Crippen LogP contribution is 2.46. The summed E-state index contributed by atoms with van der Waals surface area (Å²) in [4.78, 5) is 28.1. The molecule has 0 aromatic heterocycles. The summed E-state index contributed by atoms with van der Waals surface area (Å²) < 4.78 is 57.1. The zero-order chi connectivity index (χ0) is 34.4. The molecule has 3 aromatic rings. The first-order valence-corrected chi connectivity index (χ1v) is 17.8. The van der Waals surface area contributed by atoms with Gasteiger partial charge >= 0.3 is 12.1 Å². The Morgan fingerprint density at radius 3 is 2.27 bits per heavy atom. The first-order chi connectivity index (χ1) is 22.7. The normalized spacial score (nSPS) is 20.4. The van der Waals surface area contributed by atoms with Crippen LogP contribution in [0.4, 0.5) is 20.6 Å². The largest absolute Gasteiger partial charge is 0.486 e. The van der Waals surface area contributed by atoms with Gasteiger partial charge in [0.15, 0.2) is 0 Å². The molecule has 2 aliphatic heterocycles. The Labute approximate surface area is 281 Å². The van der Waals surface area contributed by atoms with Crippen LogP contribution in [0.25, 0.3) is 11.1 Å². The number of anilines is 2. The summed E-state index contributed by atoms with van der Waals surface area (Å²) in [5, 5.41) is 9.69. The summed E-state index contributed by atoms with van der Waals surface area (Å²) in [6, 6.07) is 16.2. The number of hydrogen-bond donors (Lipinski definition) is 1. The fourth-order valence-corrected chi connectivity index (χ4v) is 8.47. The molecule has 3 aromatic carbocycles. The summed E-state index contributed by atoms with van der Waals surface area (Å²) in [5.74, 6) is -1.89. The molecule has 0 radical (unpaired) electrons. The maximum atomic E-state index is 14.5. The zero-order valence-corrected chi connectivity index (χ0v) is 28.5. The van der Waals surface area contributed by atoms with Crippen LogP contribution < -0.4 is 9.64 Å². The van der Waals surface area contributed by atoms with Crippen LogP contribution in [0.15, 0.2) is 65.6 Å². The number of aromatic carboxylic acids is 1. The second-order valence-electron chi connectivity index (χ2n) is 13.9. The Morgan fingerprint density at radius 1 is 0.938 bits per heavy atom. The number of para-hydroxylation sites is 1. The first-order valence-electron chi connectivity index (χ1n) is 16.4. The molecule has 12 heteroatoms. The quantitative estimate of drug-likeness (QED) is 0.299. The zero-order valence-electron chi connectivity index (χ0n) is 27.7. The van der Waals surface area contributed by atoms with Crippen molar-refractivity contribution < 1.29 is 37.0 Å². The minimum atomic E-state index is -4.06. The van der Waals surface area contributed by atoms with E-state index >= 15 is 0 Å². The summed E-state index contributed by atoms with van der Waals surface area (Å²) in [5.41, 5.74) is 0.621. The van der Waals surface area contributed by atoms with Crippen LogP contribution in [-0.2, 0) is 14.8 Å². The van der Waals surface area contributed by atoms with Crippen molar-refractivity contribution in [1.82, 2.24) is 9.21 Å². The van der Waals surface area contributed by atoms with Gasteiger partial charge in [0, 0.05) is 37.0 Å². The molecule has 1 amide bonds. The molecule has 1 N–H and O–H groups in total. The number of halogens is 1. The lowest BCUT2D eigenvalue weighted by Gasteiger charge is -2.40. The number of carboxylic acid groups (broad SMARTS) is 1. The van der Waals surface area contributed by atoms with Crippen molar-refractivity contribution in [3.63, 3.8) is 0 Å². The van der Waals surface area contributed by atoms with Crippen molar-refractivity contribution in [3.05, 3.63) is 72.0 Å². The van der Waals surface area contributed by atoms with Crippen LogP contribution in [0.2, 0.25) is 0 Å². The fourth-order valence-electron chi connectivity index (χ4n) is 6.87. The number of carbonyl (C=O) groups is 2. The van der Waals surface area contributed by atoms with Crippen LogP contribution in [-0.4, -0.2) is 79.2 Å². The number of carboxylic acids is 1. The van der Waals surface area contributed by atoms with E-state index in [2.05, 4.69) is 0 Å². The molecular weight excluding hydrogens is 637 g/mol. The molecule has 3 aliphatic rings. The van der Waals surface area contributed by atoms with Gasteiger partial charge in [0.1, 0.15) is 28.2 Å². The van der Waals surface area contributed by atoms with Gasteiger partial charge in [-0.1, -0.05) is 43.5 Å². The molecule has 1 saturated carbocycles. The smallest absolute Gasteiger partial charge is 0.410 e. The number of benzene rings is 3. The van der Waals surface area contributed by atoms with E-state index in [0.29, 0.717) is 23.5 Å². The molecule has 1 atom stereocenters. The number of ether oxygens (including phenoxy) is 2. The number of likely N-dealkylation sites (N-methyl/N-ethyl adjacent to an activating group) is 1. The topological polar surface area (TPSA) is 117 Å². The van der Waals surface area contributed by atoms with Gasteiger partial charge in [-0.15, -0.1) is 0 Å². The maximum absolute atomic E-state index is 14.5. The SMILES string of the molecule is CN1[C@H](C2CCCCC2)CN(c2ccccc2)c2cc(OC3CN(C(=O)OC(C)(C)C)C3)c(-c3ccc(F)c(C(=O)O)c3)cc2S1(=O)=O. The minimum Gasteiger partial charge on any atom is -0.486 e. The number of nitrogens with zero attached hydrogens (tertiary/aromatic N) is 3. The average molecular weight is 680 g/mol. The number of fused-ring (bicyclic) bond motifs is 1. The molecule has 256 valence electrons. The molecule has 1 aliphatic carbocycles. The summed E-state index contributed by atoms with van der Waals surface area (Å²) in [7, 11) is -2.42. The molecule has 48 heavy (non-hydrogen) atoms. The first kappa shape index (κ1) is 33.7. The number of sulfonamides is 1. The van der Waals surface area contributed by atoms with Gasteiger partial charge < -0.3 is 24.4 Å². The number of likely N-dealkylation sites (tertiary alicyclic amines) is 1. The molecule has 6 rings (SSSR count). The number of rotatable bonds is 6. The third-order valence-corrected chi connectivity index (χ3v) is 11.3. The van der Waals surface area contributed by atoms with Crippen LogP contribution in [0.5, 0.6) is 5.75 Å². The van der Waals surface area contributed by atoms with Gasteiger partial charge in [-0.2, -0.15) is 4.31 Å². The summed E-state index contributed by atoms with van der Waals surface area (Å²) in [6.07, 6.45) is 4.20. The van der Waals surface area contributed by atoms with Crippen molar-refractivity contribution in [2.75, 3.05) is 31.6 Å². The lowest BCUT2D eigenvalue weighted by atomic mass is 9.83. The molecule has 10 nitrogen and oxygen atoms in total. The molecule has 1 saturated heterocycles. The summed E-state index contributed by atoms with van der Waals surface area (Å²) >= 11 is 0. The predicted molar refractivity (Wildman–Crippen MR) is 180 cm³/mol. The Kier molecular flexibility index (Phi) is 9.16. The number of amides is 1. The van der Waals surface area contributed by atoms with Gasteiger partial charge in [-0.05, 0) is 75.4 Å². The van der Waals surface area contributed by atoms with E-state index < -0.39 is 45.2 Å². The van der Waals surface area contributed by atoms with Gasteiger partial charge in [0.05, 0.1) is 24.3 Å². The molecule has 0 unspecified atom stereocenters. The van der Waals surface area contributed by atoms with E-state index in [0.717, 1.165) is 43.9 Å². The van der Waals surface area contributed by atoms with Gasteiger partial charge in [-0.25, -0.2) is 22.4 Å². The monoisotopic (exact) mass is 679 g/mol. The van der Waals surface area contributed by atoms with Crippen molar-refractivity contribution in [2.45, 2.75) is 75.5 Å². The van der Waals surface area contributed by atoms with E-state index in [1.807, 2.05) is 35.2 Å². The van der Waals surface area contributed by atoms with E-state index in [1.54, 1.807) is 33.9 Å². The van der Waals surface area contributed by atoms with E-state index in [4.69, 9.17) is 9.47 Å². The highest BCUT2D eigenvalue weighted by Gasteiger charge is 2.42. The average Bonchev–Trinajstić information content (AvgIpc) is 3.10. The molecular formula is C36H42FN3O7S. The Hall–Kier alpha value is -4.16. The van der Waals surface area contributed by atoms with Gasteiger partial charge in [-0.3, -0.25) is 0 Å². The van der Waals surface area contributed by atoms with Gasteiger partial charge in [0.25, 0.3) is 0 Å². The van der Waals surface area contributed by atoms with Crippen molar-refractivity contribution in [1.29, 1.82) is 0 Å². The highest BCUT2D eigenvalue weighted by atomic mass is 32.2. The third kappa shape index (κ3) is 6.73. The number of hydrogen-bond acceptors (Lipinski definition) is 7. The number of carbonyl (C=O) groups excluding carboxylic acids is 1. The lowest BCUT2D eigenvalue weighted by molar-refractivity contribution is -0.0220. The lowest BCUT2D eigenvalue weighted by Crippen LogP contribution is -2.57. The van der Waals surface area contributed by atoms with Crippen molar-refractivity contribution in [2.24, 2.45) is 5.92 Å². The third-order valence-electron chi connectivity index (χ3n) is 9.41. The Morgan fingerprint density at radius 2 is 1.62 bits per heavy atom. The molecule has 0 bridgehead atoms. The Bertz CT molecular complexity index is 1800. The predicted octanol–water partition coefficient (Wildman–Crippen LogP) is 6.91. The molecule has 2 fully saturated rings. The molecule has 0 spiro atoms. The van der Waals surface area contributed by atoms with E-state index in [-0.39, 0.29) is 35.5 Å². The van der Waals surface area contributed by atoms with Crippen LogP contribution >= 0.6 is 0 Å². The highest BCUT2D eigenvalue weighted by molar-refractivity contribution is 7.89. The standard InChI is InChI=1S/C36H42FN3O7S/c1-36(2,3)47-35(43)39-20-26(21-39)46-32-19-30-33(18-27(32)24-15-16-29(37)28(17-24)34(41)42)48(44,45)38(4)31(23-11-7-5-8-12-23)22-40(30)25-13-9-6-10-14-25/h6,9-10,13-19,23,26,31H,5,7-8,11-12,20-22H2,1-4H3,(H,41,42)/t31-/m0/s1. The Balaban J connectivity index is 1.48. The van der Waals surface area contributed by atoms with Crippen molar-refractivity contribution >= 4 is 33.5 Å². The van der Waals surface area contributed by atoms with E-state index in [9.17, 15) is 27.5 Å². The van der Waals surface area contributed by atoms with E-state index in [1.165, 1.54) is 27.4 Å². The van der Waals surface area contributed by atoms with Crippen molar-refractivity contribution in [3.8, 4) is 16.9 Å². The fraction of sp³-hybridized carbons (Fsp3) is 0.444. The second-order valence-corrected chi connectivity index (χ2v) is 15.8. The second kappa shape index (κ2) is 13.0. The van der Waals surface area contributed by atoms with Gasteiger partial charge in [0.2, 0.25) is 10.0 Å². The van der Waals surface area contributed by atoms with Crippen LogP contribution in [0.3, 0.4) is 0 Å². The maximum Gasteiger partial charge on any atom is 0.410 e. The van der Waals surface area contributed by atoms with Crippen LogP contribution in [0, 0.1) is 11.7 Å². The summed E-state index contributed by atoms with van der Waals surface area (Å²) in [6.45, 7) is 6.27.